The fraction of sp³-hybridized carbons (Fsp3) is 0.357. The lowest BCUT2D eigenvalue weighted by Crippen LogP contribution is -2.25. The van der Waals surface area contributed by atoms with Crippen molar-refractivity contribution < 1.29 is 18.8 Å². The average Bonchev–Trinajstić information content (AvgIpc) is 2.90. The van der Waals surface area contributed by atoms with Crippen LogP contribution in [-0.2, 0) is 4.79 Å². The first-order valence-electron chi connectivity index (χ1n) is 6.13. The van der Waals surface area contributed by atoms with Crippen molar-refractivity contribution in [3.63, 3.8) is 0 Å². The third kappa shape index (κ3) is 1.77. The monoisotopic (exact) mass is 261 g/mol. The fourth-order valence-electron chi connectivity index (χ4n) is 3.01. The van der Waals surface area contributed by atoms with Gasteiger partial charge in [0.05, 0.1) is 5.69 Å². The van der Waals surface area contributed by atoms with Crippen molar-refractivity contribution in [2.45, 2.75) is 0 Å². The van der Waals surface area contributed by atoms with Crippen molar-refractivity contribution in [2.24, 2.45) is 17.8 Å². The standard InChI is InChI=1S/C14H12FNO3/c15-13-1-8(5-17)9(6-18)2-14(13)16-3-10-11(4-16)12(10)7-19/h1-2,5-7,10-12H,3-4H2/t10-,11+,12?. The van der Waals surface area contributed by atoms with Gasteiger partial charge < -0.3 is 9.69 Å². The lowest BCUT2D eigenvalue weighted by Gasteiger charge is -2.22. The molecule has 1 saturated heterocycles. The van der Waals surface area contributed by atoms with Gasteiger partial charge in [-0.05, 0) is 24.0 Å². The molecule has 1 aliphatic carbocycles. The second-order valence-electron chi connectivity index (χ2n) is 5.11. The van der Waals surface area contributed by atoms with Crippen LogP contribution >= 0.6 is 0 Å². The Morgan fingerprint density at radius 2 is 1.63 bits per heavy atom. The summed E-state index contributed by atoms with van der Waals surface area (Å²) in [4.78, 5) is 34.2. The average molecular weight is 261 g/mol. The minimum absolute atomic E-state index is 0.0615. The van der Waals surface area contributed by atoms with E-state index in [2.05, 4.69) is 0 Å². The quantitative estimate of drug-likeness (QED) is 0.767. The van der Waals surface area contributed by atoms with Crippen molar-refractivity contribution in [3.05, 3.63) is 29.1 Å². The summed E-state index contributed by atoms with van der Waals surface area (Å²) in [5.74, 6) is 0.223. The van der Waals surface area contributed by atoms with Crippen LogP contribution in [0.3, 0.4) is 0 Å². The molecule has 1 unspecified atom stereocenters. The lowest BCUT2D eigenvalue weighted by atomic mass is 10.1. The lowest BCUT2D eigenvalue weighted by molar-refractivity contribution is -0.109. The summed E-state index contributed by atoms with van der Waals surface area (Å²) in [5, 5.41) is 0. The Labute approximate surface area is 109 Å². The fourth-order valence-corrected chi connectivity index (χ4v) is 3.01. The number of carbonyl (C=O) groups excluding carboxylic acids is 3. The molecule has 1 aromatic carbocycles. The van der Waals surface area contributed by atoms with Gasteiger partial charge in [0.2, 0.25) is 0 Å². The normalized spacial score (nSPS) is 27.8. The van der Waals surface area contributed by atoms with E-state index >= 15 is 0 Å². The molecule has 3 atom stereocenters. The molecule has 3 rings (SSSR count). The Hall–Kier alpha value is -2.04. The van der Waals surface area contributed by atoms with Gasteiger partial charge >= 0.3 is 0 Å². The smallest absolute Gasteiger partial charge is 0.150 e. The predicted molar refractivity (Wildman–Crippen MR) is 65.9 cm³/mol. The van der Waals surface area contributed by atoms with Gasteiger partial charge in [-0.1, -0.05) is 0 Å². The largest absolute Gasteiger partial charge is 0.369 e. The van der Waals surface area contributed by atoms with Crippen LogP contribution < -0.4 is 4.90 Å². The summed E-state index contributed by atoms with van der Waals surface area (Å²) in [6.07, 6.45) is 1.99. The van der Waals surface area contributed by atoms with Crippen LogP contribution in [0.2, 0.25) is 0 Å². The molecule has 1 aliphatic heterocycles. The molecule has 2 fully saturated rings. The Morgan fingerprint density at radius 3 is 2.16 bits per heavy atom. The van der Waals surface area contributed by atoms with Gasteiger partial charge in [0, 0.05) is 30.1 Å². The Morgan fingerprint density at radius 1 is 1.05 bits per heavy atom. The van der Waals surface area contributed by atoms with Gasteiger partial charge in [-0.3, -0.25) is 9.59 Å². The summed E-state index contributed by atoms with van der Waals surface area (Å²) in [6.45, 7) is 1.26. The molecular weight excluding hydrogens is 249 g/mol. The van der Waals surface area contributed by atoms with E-state index in [9.17, 15) is 18.8 Å². The van der Waals surface area contributed by atoms with Crippen molar-refractivity contribution in [1.29, 1.82) is 0 Å². The zero-order valence-electron chi connectivity index (χ0n) is 10.1. The molecule has 0 bridgehead atoms. The molecule has 4 nitrogen and oxygen atoms in total. The van der Waals surface area contributed by atoms with Gasteiger partial charge in [0.15, 0.2) is 12.6 Å². The number of hydrogen-bond donors (Lipinski definition) is 0. The minimum Gasteiger partial charge on any atom is -0.369 e. The number of halogens is 1. The van der Waals surface area contributed by atoms with Crippen molar-refractivity contribution in [3.8, 4) is 0 Å². The van der Waals surface area contributed by atoms with E-state index in [1.807, 2.05) is 4.90 Å². The highest BCUT2D eigenvalue weighted by molar-refractivity contribution is 5.91. The van der Waals surface area contributed by atoms with Crippen LogP contribution in [0.15, 0.2) is 12.1 Å². The van der Waals surface area contributed by atoms with E-state index in [0.717, 1.165) is 12.4 Å². The third-order valence-corrected chi connectivity index (χ3v) is 4.16. The summed E-state index contributed by atoms with van der Waals surface area (Å²) in [7, 11) is 0. The number of rotatable bonds is 4. The van der Waals surface area contributed by atoms with E-state index in [4.69, 9.17) is 0 Å². The molecule has 1 saturated carbocycles. The maximum atomic E-state index is 13.9. The molecular formula is C14H12FNO3. The number of aldehydes is 3. The highest BCUT2D eigenvalue weighted by Crippen LogP contribution is 2.51. The van der Waals surface area contributed by atoms with E-state index < -0.39 is 5.82 Å². The molecule has 1 heterocycles. The minimum atomic E-state index is -0.503. The van der Waals surface area contributed by atoms with Crippen molar-refractivity contribution in [2.75, 3.05) is 18.0 Å². The summed E-state index contributed by atoms with van der Waals surface area (Å²) in [6, 6.07) is 2.50. The van der Waals surface area contributed by atoms with E-state index in [1.165, 1.54) is 6.07 Å². The van der Waals surface area contributed by atoms with Crippen LogP contribution in [0.4, 0.5) is 10.1 Å². The third-order valence-electron chi connectivity index (χ3n) is 4.16. The number of benzene rings is 1. The molecule has 0 spiro atoms. The highest BCUT2D eigenvalue weighted by atomic mass is 19.1. The van der Waals surface area contributed by atoms with Gasteiger partial charge in [-0.25, -0.2) is 4.39 Å². The number of piperidine rings is 1. The maximum Gasteiger partial charge on any atom is 0.150 e. The number of hydrogen-bond acceptors (Lipinski definition) is 4. The van der Waals surface area contributed by atoms with Crippen LogP contribution in [0, 0.1) is 23.6 Å². The number of nitrogens with zero attached hydrogens (tertiary/aromatic N) is 1. The van der Waals surface area contributed by atoms with E-state index in [-0.39, 0.29) is 17.0 Å². The van der Waals surface area contributed by atoms with Gasteiger partial charge in [0.1, 0.15) is 12.1 Å². The molecule has 5 heteroatoms. The molecule has 0 aromatic heterocycles. The summed E-state index contributed by atoms with van der Waals surface area (Å²) in [5.41, 5.74) is 0.592. The van der Waals surface area contributed by atoms with E-state index in [1.54, 1.807) is 0 Å². The van der Waals surface area contributed by atoms with Crippen LogP contribution in [0.1, 0.15) is 20.7 Å². The second-order valence-corrected chi connectivity index (χ2v) is 5.11. The van der Waals surface area contributed by atoms with Crippen LogP contribution in [0.5, 0.6) is 0 Å². The summed E-state index contributed by atoms with van der Waals surface area (Å²) >= 11 is 0. The Bertz CT molecular complexity index is 560. The molecule has 1 aromatic rings. The second kappa shape index (κ2) is 4.26. The first-order chi connectivity index (χ1) is 9.19. The van der Waals surface area contributed by atoms with Crippen molar-refractivity contribution >= 4 is 24.5 Å². The SMILES string of the molecule is O=Cc1cc(F)c(N2C[C@@H]3C(C=O)[C@@H]3C2)cc1C=O. The maximum absolute atomic E-state index is 13.9. The molecule has 0 amide bonds. The van der Waals surface area contributed by atoms with Crippen LogP contribution in [0.25, 0.3) is 0 Å². The number of carbonyl (C=O) groups is 3. The van der Waals surface area contributed by atoms with Gasteiger partial charge in [0.25, 0.3) is 0 Å². The highest BCUT2D eigenvalue weighted by Gasteiger charge is 2.55. The number of anilines is 1. The molecule has 2 aliphatic rings. The topological polar surface area (TPSA) is 54.5 Å². The Kier molecular flexibility index (Phi) is 2.69. The molecule has 0 N–H and O–H groups in total. The first-order valence-corrected chi connectivity index (χ1v) is 6.13. The van der Waals surface area contributed by atoms with Crippen molar-refractivity contribution in [1.82, 2.24) is 0 Å². The molecule has 98 valence electrons. The number of fused-ring (bicyclic) bond motifs is 1. The van der Waals surface area contributed by atoms with E-state index in [0.29, 0.717) is 43.2 Å². The molecule has 0 radical (unpaired) electrons. The predicted octanol–water partition coefficient (Wildman–Crippen LogP) is 1.33. The molecule has 19 heavy (non-hydrogen) atoms. The Balaban J connectivity index is 1.88. The first kappa shape index (κ1) is 12.0. The zero-order valence-corrected chi connectivity index (χ0v) is 10.1. The summed E-state index contributed by atoms with van der Waals surface area (Å²) < 4.78 is 13.9. The van der Waals surface area contributed by atoms with Crippen LogP contribution in [-0.4, -0.2) is 31.9 Å². The van der Waals surface area contributed by atoms with Gasteiger partial charge in [-0.2, -0.15) is 0 Å². The van der Waals surface area contributed by atoms with Gasteiger partial charge in [-0.15, -0.1) is 0 Å². The zero-order chi connectivity index (χ0) is 13.6.